The second-order valence-corrected chi connectivity index (χ2v) is 5.97. The predicted molar refractivity (Wildman–Crippen MR) is 116 cm³/mol. The predicted octanol–water partition coefficient (Wildman–Crippen LogP) is 3.82. The van der Waals surface area contributed by atoms with Crippen molar-refractivity contribution in [2.24, 2.45) is 4.99 Å². The quantitative estimate of drug-likeness (QED) is 0.328. The summed E-state index contributed by atoms with van der Waals surface area (Å²) in [6, 6.07) is 10.5. The van der Waals surface area contributed by atoms with Crippen molar-refractivity contribution in [3.05, 3.63) is 53.2 Å². The molecular weight excluding hydrogens is 500 g/mol. The molecule has 0 aliphatic carbocycles. The first kappa shape index (κ1) is 24.8. The highest BCUT2D eigenvalue weighted by molar-refractivity contribution is 14.0. The molecule has 29 heavy (non-hydrogen) atoms. The van der Waals surface area contributed by atoms with Gasteiger partial charge >= 0.3 is 6.18 Å². The zero-order valence-corrected chi connectivity index (χ0v) is 18.7. The number of hydrogen-bond acceptors (Lipinski definition) is 4. The van der Waals surface area contributed by atoms with Gasteiger partial charge in [0.15, 0.2) is 12.6 Å². The van der Waals surface area contributed by atoms with Crippen LogP contribution in [-0.4, -0.2) is 37.9 Å². The van der Waals surface area contributed by atoms with Crippen LogP contribution in [0.4, 0.5) is 13.2 Å². The molecule has 6 nitrogen and oxygen atoms in total. The van der Waals surface area contributed by atoms with Gasteiger partial charge in [0.25, 0.3) is 0 Å². The Hall–Kier alpha value is -2.24. The Kier molecular flexibility index (Phi) is 9.99. The van der Waals surface area contributed by atoms with Crippen LogP contribution in [0, 0.1) is 6.92 Å². The third-order valence-electron chi connectivity index (χ3n) is 3.71. The maximum absolute atomic E-state index is 12.5. The molecule has 0 amide bonds. The average Bonchev–Trinajstić information content (AvgIpc) is 2.67. The van der Waals surface area contributed by atoms with Crippen molar-refractivity contribution in [3.8, 4) is 11.6 Å². The lowest BCUT2D eigenvalue weighted by Crippen LogP contribution is -2.36. The number of halogens is 4. The zero-order valence-electron chi connectivity index (χ0n) is 16.3. The monoisotopic (exact) mass is 524 g/mol. The summed E-state index contributed by atoms with van der Waals surface area (Å²) >= 11 is 0. The highest BCUT2D eigenvalue weighted by Gasteiger charge is 2.28. The molecule has 2 aromatic rings. The first-order valence-electron chi connectivity index (χ1n) is 8.54. The van der Waals surface area contributed by atoms with Gasteiger partial charge in [-0.25, -0.2) is 4.98 Å². The Morgan fingerprint density at radius 2 is 1.86 bits per heavy atom. The van der Waals surface area contributed by atoms with Crippen LogP contribution in [0.15, 0.2) is 41.4 Å². The molecule has 10 heteroatoms. The molecule has 0 aliphatic heterocycles. The lowest BCUT2D eigenvalue weighted by atomic mass is 10.1. The van der Waals surface area contributed by atoms with Crippen LogP contribution >= 0.6 is 24.0 Å². The number of ether oxygens (including phenoxy) is 2. The Morgan fingerprint density at radius 3 is 2.52 bits per heavy atom. The molecule has 0 bridgehead atoms. The molecule has 2 N–H and O–H groups in total. The van der Waals surface area contributed by atoms with E-state index in [9.17, 15) is 13.2 Å². The topological polar surface area (TPSA) is 67.8 Å². The van der Waals surface area contributed by atoms with E-state index >= 15 is 0 Å². The van der Waals surface area contributed by atoms with Gasteiger partial charge in [-0.05, 0) is 24.6 Å². The van der Waals surface area contributed by atoms with E-state index in [0.29, 0.717) is 23.9 Å². The van der Waals surface area contributed by atoms with Crippen molar-refractivity contribution in [3.63, 3.8) is 0 Å². The van der Waals surface area contributed by atoms with E-state index in [2.05, 4.69) is 20.6 Å². The number of nitrogens with one attached hydrogen (secondary N) is 2. The molecule has 0 fully saturated rings. The fraction of sp³-hybridized carbons (Fsp3) is 0.368. The summed E-state index contributed by atoms with van der Waals surface area (Å²) in [5, 5.41) is 6.15. The number of nitrogens with zero attached hydrogens (tertiary/aromatic N) is 2. The van der Waals surface area contributed by atoms with Crippen LogP contribution in [0.2, 0.25) is 0 Å². The van der Waals surface area contributed by atoms with E-state index in [4.69, 9.17) is 9.47 Å². The third-order valence-corrected chi connectivity index (χ3v) is 3.71. The molecule has 160 valence electrons. The number of methoxy groups -OCH3 is 1. The van der Waals surface area contributed by atoms with Gasteiger partial charge in [0.2, 0.25) is 5.88 Å². The minimum absolute atomic E-state index is 0. The summed E-state index contributed by atoms with van der Waals surface area (Å²) < 4.78 is 47.5. The minimum Gasteiger partial charge on any atom is -0.484 e. The number of guanidine groups is 1. The summed E-state index contributed by atoms with van der Waals surface area (Å²) in [5.41, 5.74) is 2.16. The Labute approximate surface area is 184 Å². The smallest absolute Gasteiger partial charge is 0.422 e. The van der Waals surface area contributed by atoms with Crippen LogP contribution < -0.4 is 20.1 Å². The summed E-state index contributed by atoms with van der Waals surface area (Å²) in [7, 11) is 3.14. The Bertz CT molecular complexity index is 816. The van der Waals surface area contributed by atoms with Gasteiger partial charge in [-0.1, -0.05) is 18.2 Å². The van der Waals surface area contributed by atoms with Crippen molar-refractivity contribution >= 4 is 29.9 Å². The fourth-order valence-electron chi connectivity index (χ4n) is 2.35. The standard InChI is InChI=1S/C19H23F3N4O2.HI/c1-13-7-8-14(16(9-13)28-12-19(20,21)22)10-24-18(23-2)25-11-15-5-4-6-17(26-15)27-3;/h4-9H,10-12H2,1-3H3,(H2,23,24,25);1H. The van der Waals surface area contributed by atoms with Crippen molar-refractivity contribution in [1.29, 1.82) is 0 Å². The van der Waals surface area contributed by atoms with Gasteiger partial charge in [-0.3, -0.25) is 4.99 Å². The van der Waals surface area contributed by atoms with Gasteiger partial charge in [-0.2, -0.15) is 13.2 Å². The number of pyridine rings is 1. The van der Waals surface area contributed by atoms with Gasteiger partial charge in [0.1, 0.15) is 5.75 Å². The SMILES string of the molecule is CN=C(NCc1cccc(OC)n1)NCc1ccc(C)cc1OCC(F)(F)F.I. The number of benzene rings is 1. The minimum atomic E-state index is -4.39. The summed E-state index contributed by atoms with van der Waals surface area (Å²) in [4.78, 5) is 8.40. The molecule has 0 aliphatic rings. The molecule has 0 atom stereocenters. The Balaban J connectivity index is 0.00000420. The molecule has 0 saturated heterocycles. The van der Waals surface area contributed by atoms with Crippen LogP contribution in [0.25, 0.3) is 0 Å². The molecular formula is C19H24F3IN4O2. The number of alkyl halides is 3. The fourth-order valence-corrected chi connectivity index (χ4v) is 2.35. The maximum atomic E-state index is 12.5. The van der Waals surface area contributed by atoms with E-state index in [0.717, 1.165) is 11.3 Å². The van der Waals surface area contributed by atoms with E-state index in [1.807, 2.05) is 18.2 Å². The molecule has 0 saturated carbocycles. The number of aryl methyl sites for hydroxylation is 1. The molecule has 2 rings (SSSR count). The first-order valence-corrected chi connectivity index (χ1v) is 8.54. The van der Waals surface area contributed by atoms with Crippen LogP contribution in [0.1, 0.15) is 16.8 Å². The van der Waals surface area contributed by atoms with Crippen LogP contribution in [-0.2, 0) is 13.1 Å². The van der Waals surface area contributed by atoms with E-state index in [1.54, 1.807) is 39.3 Å². The number of aromatic nitrogens is 1. The van der Waals surface area contributed by atoms with Gasteiger partial charge in [0.05, 0.1) is 19.3 Å². The molecule has 1 aromatic heterocycles. The maximum Gasteiger partial charge on any atom is 0.422 e. The Morgan fingerprint density at radius 1 is 1.14 bits per heavy atom. The molecule has 0 radical (unpaired) electrons. The zero-order chi connectivity index (χ0) is 20.6. The van der Waals surface area contributed by atoms with Crippen molar-refractivity contribution in [2.75, 3.05) is 20.8 Å². The molecule has 0 unspecified atom stereocenters. The third kappa shape index (κ3) is 8.75. The largest absolute Gasteiger partial charge is 0.484 e. The summed E-state index contributed by atoms with van der Waals surface area (Å²) in [5.74, 6) is 1.18. The second kappa shape index (κ2) is 11.7. The molecule has 1 aromatic carbocycles. The highest BCUT2D eigenvalue weighted by Crippen LogP contribution is 2.23. The number of aliphatic imine (C=N–C) groups is 1. The van der Waals surface area contributed by atoms with Gasteiger partial charge in [0, 0.05) is 25.2 Å². The lowest BCUT2D eigenvalue weighted by Gasteiger charge is -2.16. The van der Waals surface area contributed by atoms with Gasteiger partial charge < -0.3 is 20.1 Å². The van der Waals surface area contributed by atoms with E-state index < -0.39 is 12.8 Å². The van der Waals surface area contributed by atoms with E-state index in [-0.39, 0.29) is 36.3 Å². The number of rotatable bonds is 7. The number of hydrogen-bond donors (Lipinski definition) is 2. The van der Waals surface area contributed by atoms with Crippen LogP contribution in [0.5, 0.6) is 11.6 Å². The van der Waals surface area contributed by atoms with Crippen molar-refractivity contribution < 1.29 is 22.6 Å². The van der Waals surface area contributed by atoms with Gasteiger partial charge in [-0.15, -0.1) is 24.0 Å². The van der Waals surface area contributed by atoms with E-state index in [1.165, 1.54) is 0 Å². The normalized spacial score (nSPS) is 11.4. The highest BCUT2D eigenvalue weighted by atomic mass is 127. The summed E-state index contributed by atoms with van der Waals surface area (Å²) in [6.07, 6.45) is -4.39. The molecule has 1 heterocycles. The second-order valence-electron chi connectivity index (χ2n) is 5.97. The summed E-state index contributed by atoms with van der Waals surface area (Å²) in [6.45, 7) is 1.11. The van der Waals surface area contributed by atoms with Crippen molar-refractivity contribution in [1.82, 2.24) is 15.6 Å². The van der Waals surface area contributed by atoms with Crippen LogP contribution in [0.3, 0.4) is 0 Å². The average molecular weight is 524 g/mol. The molecule has 0 spiro atoms. The lowest BCUT2D eigenvalue weighted by molar-refractivity contribution is -0.153. The first-order chi connectivity index (χ1) is 13.3. The van der Waals surface area contributed by atoms with Crippen molar-refractivity contribution in [2.45, 2.75) is 26.2 Å².